The van der Waals surface area contributed by atoms with Crippen LogP contribution in [0.25, 0.3) is 0 Å². The number of hydrogen-bond donors (Lipinski definition) is 1. The average molecular weight is 203 g/mol. The smallest absolute Gasteiger partial charge is 0.0895 e. The van der Waals surface area contributed by atoms with Gasteiger partial charge in [-0.3, -0.25) is 4.99 Å². The molecule has 2 N–H and O–H groups in total. The van der Waals surface area contributed by atoms with Crippen LogP contribution < -0.4 is 10.6 Å². The third kappa shape index (κ3) is 2.57. The maximum atomic E-state index is 5.79. The topological polar surface area (TPSA) is 41.6 Å². The van der Waals surface area contributed by atoms with Crippen LogP contribution in [0.15, 0.2) is 29.3 Å². The van der Waals surface area contributed by atoms with Crippen molar-refractivity contribution in [3.8, 4) is 0 Å². The Morgan fingerprint density at radius 2 is 2.40 bits per heavy atom. The number of aliphatic imine (C=N–C) groups is 1. The van der Waals surface area contributed by atoms with E-state index in [2.05, 4.69) is 34.2 Å². The largest absolute Gasteiger partial charge is 0.331 e. The Labute approximate surface area is 90.6 Å². The Morgan fingerprint density at radius 3 is 3.07 bits per heavy atom. The van der Waals surface area contributed by atoms with Crippen LogP contribution in [0, 0.1) is 0 Å². The molecule has 0 fully saturated rings. The molecule has 0 bridgehead atoms. The van der Waals surface area contributed by atoms with Crippen LogP contribution in [0.3, 0.4) is 0 Å². The highest BCUT2D eigenvalue weighted by molar-refractivity contribution is 5.81. The molecule has 15 heavy (non-hydrogen) atoms. The third-order valence-electron chi connectivity index (χ3n) is 2.49. The number of nitrogens with two attached hydrogens (primary N) is 1. The van der Waals surface area contributed by atoms with Gasteiger partial charge in [0.1, 0.15) is 0 Å². The van der Waals surface area contributed by atoms with Gasteiger partial charge in [0.05, 0.1) is 12.9 Å². The van der Waals surface area contributed by atoms with Gasteiger partial charge >= 0.3 is 0 Å². The quantitative estimate of drug-likeness (QED) is 0.807. The summed E-state index contributed by atoms with van der Waals surface area (Å²) in [6.07, 6.45) is 2.84. The maximum absolute atomic E-state index is 5.79. The minimum absolute atomic E-state index is 0.215. The number of rotatable bonds is 3. The van der Waals surface area contributed by atoms with Crippen molar-refractivity contribution in [2.45, 2.75) is 19.4 Å². The molecule has 80 valence electrons. The molecule has 2 rings (SSSR count). The predicted octanol–water partition coefficient (Wildman–Crippen LogP) is 1.42. The second kappa shape index (κ2) is 4.45. The molecule has 0 saturated heterocycles. The number of nitrogens with zero attached hydrogens (tertiary/aromatic N) is 2. The summed E-state index contributed by atoms with van der Waals surface area (Å²) in [4.78, 5) is 6.38. The Hall–Kier alpha value is -1.35. The number of anilines is 1. The lowest BCUT2D eigenvalue weighted by molar-refractivity contribution is 0.738. The van der Waals surface area contributed by atoms with Crippen molar-refractivity contribution in [1.29, 1.82) is 0 Å². The lowest BCUT2D eigenvalue weighted by Crippen LogP contribution is -2.20. The summed E-state index contributed by atoms with van der Waals surface area (Å²) in [5, 5.41) is 0. The third-order valence-corrected chi connectivity index (χ3v) is 2.49. The van der Waals surface area contributed by atoms with Gasteiger partial charge in [-0.25, -0.2) is 0 Å². The first-order valence-corrected chi connectivity index (χ1v) is 5.37. The highest BCUT2D eigenvalue weighted by Gasteiger charge is 2.08. The molecule has 1 unspecified atom stereocenters. The van der Waals surface area contributed by atoms with E-state index in [1.165, 1.54) is 11.3 Å². The van der Waals surface area contributed by atoms with Crippen LogP contribution in [-0.4, -0.2) is 25.5 Å². The van der Waals surface area contributed by atoms with Gasteiger partial charge in [-0.05, 0) is 31.0 Å². The van der Waals surface area contributed by atoms with Gasteiger partial charge in [-0.2, -0.15) is 0 Å². The second-order valence-corrected chi connectivity index (χ2v) is 4.07. The summed E-state index contributed by atoms with van der Waals surface area (Å²) in [7, 11) is 0. The lowest BCUT2D eigenvalue weighted by atomic mass is 10.1. The van der Waals surface area contributed by atoms with Gasteiger partial charge in [-0.1, -0.05) is 12.1 Å². The van der Waals surface area contributed by atoms with Crippen molar-refractivity contribution in [1.82, 2.24) is 0 Å². The van der Waals surface area contributed by atoms with Crippen LogP contribution in [0.1, 0.15) is 12.5 Å². The summed E-state index contributed by atoms with van der Waals surface area (Å²) >= 11 is 0. The van der Waals surface area contributed by atoms with Gasteiger partial charge in [0.15, 0.2) is 0 Å². The van der Waals surface area contributed by atoms with Crippen LogP contribution in [0.5, 0.6) is 0 Å². The summed E-state index contributed by atoms with van der Waals surface area (Å²) in [5.41, 5.74) is 8.30. The average Bonchev–Trinajstić information content (AvgIpc) is 2.69. The Bertz CT molecular complexity index is 358. The van der Waals surface area contributed by atoms with Crippen molar-refractivity contribution >= 4 is 12.0 Å². The van der Waals surface area contributed by atoms with E-state index in [-0.39, 0.29) is 6.04 Å². The number of hydrogen-bond acceptors (Lipinski definition) is 3. The van der Waals surface area contributed by atoms with E-state index < -0.39 is 0 Å². The molecule has 0 spiro atoms. The van der Waals surface area contributed by atoms with Crippen LogP contribution in [0.4, 0.5) is 5.69 Å². The fourth-order valence-electron chi connectivity index (χ4n) is 1.81. The molecule has 3 heteroatoms. The zero-order valence-corrected chi connectivity index (χ0v) is 9.06. The van der Waals surface area contributed by atoms with Crippen molar-refractivity contribution in [3.05, 3.63) is 29.8 Å². The van der Waals surface area contributed by atoms with Crippen molar-refractivity contribution in [3.63, 3.8) is 0 Å². The van der Waals surface area contributed by atoms with Crippen molar-refractivity contribution in [2.24, 2.45) is 10.7 Å². The second-order valence-electron chi connectivity index (χ2n) is 4.07. The van der Waals surface area contributed by atoms with Crippen molar-refractivity contribution in [2.75, 3.05) is 18.0 Å². The molecule has 0 amide bonds. The monoisotopic (exact) mass is 203 g/mol. The summed E-state index contributed by atoms with van der Waals surface area (Å²) in [6, 6.07) is 8.73. The Kier molecular flexibility index (Phi) is 3.02. The van der Waals surface area contributed by atoms with Crippen molar-refractivity contribution < 1.29 is 0 Å². The molecule has 0 radical (unpaired) electrons. The van der Waals surface area contributed by atoms with Crippen LogP contribution in [0.2, 0.25) is 0 Å². The molecule has 0 aliphatic carbocycles. The first-order valence-electron chi connectivity index (χ1n) is 5.37. The van der Waals surface area contributed by atoms with Gasteiger partial charge in [0, 0.05) is 18.3 Å². The zero-order valence-electron chi connectivity index (χ0n) is 9.06. The fraction of sp³-hybridized carbons (Fsp3) is 0.417. The standard InChI is InChI=1S/C12H17N3/c1-10(13)7-11-3-2-4-12(8-11)15-6-5-14-9-15/h2-4,8-10H,5-7,13H2,1H3. The molecule has 3 nitrogen and oxygen atoms in total. The Morgan fingerprint density at radius 1 is 1.53 bits per heavy atom. The lowest BCUT2D eigenvalue weighted by Gasteiger charge is -2.15. The van der Waals surface area contributed by atoms with E-state index in [1.807, 2.05) is 13.3 Å². The summed E-state index contributed by atoms with van der Waals surface area (Å²) in [6.45, 7) is 3.92. The van der Waals surface area contributed by atoms with E-state index >= 15 is 0 Å². The molecular formula is C12H17N3. The fourth-order valence-corrected chi connectivity index (χ4v) is 1.81. The minimum Gasteiger partial charge on any atom is -0.331 e. The highest BCUT2D eigenvalue weighted by Crippen LogP contribution is 2.17. The normalized spacial score (nSPS) is 17.1. The maximum Gasteiger partial charge on any atom is 0.0895 e. The molecular weight excluding hydrogens is 186 g/mol. The molecule has 1 heterocycles. The first-order chi connectivity index (χ1) is 7.25. The van der Waals surface area contributed by atoms with Gasteiger partial charge in [0.25, 0.3) is 0 Å². The molecule has 0 aromatic heterocycles. The van der Waals surface area contributed by atoms with E-state index in [1.54, 1.807) is 0 Å². The van der Waals surface area contributed by atoms with E-state index in [4.69, 9.17) is 5.73 Å². The summed E-state index contributed by atoms with van der Waals surface area (Å²) < 4.78 is 0. The highest BCUT2D eigenvalue weighted by atomic mass is 15.2. The number of benzene rings is 1. The van der Waals surface area contributed by atoms with Gasteiger partial charge in [0.2, 0.25) is 0 Å². The predicted molar refractivity (Wildman–Crippen MR) is 64.5 cm³/mol. The van der Waals surface area contributed by atoms with E-state index in [0.29, 0.717) is 0 Å². The van der Waals surface area contributed by atoms with Crippen LogP contribution >= 0.6 is 0 Å². The Balaban J connectivity index is 2.14. The molecule has 1 aliphatic heterocycles. The van der Waals surface area contributed by atoms with Gasteiger partial charge in [-0.15, -0.1) is 0 Å². The summed E-state index contributed by atoms with van der Waals surface area (Å²) in [5.74, 6) is 0. The minimum atomic E-state index is 0.215. The van der Waals surface area contributed by atoms with Crippen LogP contribution in [-0.2, 0) is 6.42 Å². The molecule has 1 atom stereocenters. The zero-order chi connectivity index (χ0) is 10.7. The molecule has 0 saturated carbocycles. The molecule has 1 aliphatic rings. The molecule has 1 aromatic rings. The SMILES string of the molecule is CC(N)Cc1cccc(N2C=NCC2)c1. The van der Waals surface area contributed by atoms with E-state index in [9.17, 15) is 0 Å². The first kappa shape index (κ1) is 10.2. The van der Waals surface area contributed by atoms with E-state index in [0.717, 1.165) is 19.5 Å². The van der Waals surface area contributed by atoms with Gasteiger partial charge < -0.3 is 10.6 Å². The molecule has 1 aromatic carbocycles.